The molecule has 1 unspecified atom stereocenters. The Morgan fingerprint density at radius 3 is 2.52 bits per heavy atom. The minimum absolute atomic E-state index is 0.0135. The second-order valence-electron chi connectivity index (χ2n) is 6.11. The van der Waals surface area contributed by atoms with Crippen molar-refractivity contribution < 1.29 is 14.3 Å². The molecular formula is C20H24N2O3. The van der Waals surface area contributed by atoms with Crippen molar-refractivity contribution in [2.75, 3.05) is 25.6 Å². The fourth-order valence-electron chi connectivity index (χ4n) is 2.56. The lowest BCUT2D eigenvalue weighted by molar-refractivity contribution is -0.122. The van der Waals surface area contributed by atoms with Crippen LogP contribution in [0.3, 0.4) is 0 Å². The van der Waals surface area contributed by atoms with Crippen LogP contribution in [0, 0.1) is 0 Å². The monoisotopic (exact) mass is 340 g/mol. The maximum atomic E-state index is 12.7. The summed E-state index contributed by atoms with van der Waals surface area (Å²) in [7, 11) is 1.64. The second kappa shape index (κ2) is 8.53. The molecule has 5 nitrogen and oxygen atoms in total. The normalized spacial score (nSPS) is 14.6. The van der Waals surface area contributed by atoms with E-state index in [2.05, 4.69) is 10.6 Å². The Labute approximate surface area is 148 Å². The van der Waals surface area contributed by atoms with Gasteiger partial charge in [-0.25, -0.2) is 0 Å². The van der Waals surface area contributed by atoms with Gasteiger partial charge < -0.3 is 20.1 Å². The van der Waals surface area contributed by atoms with Crippen LogP contribution >= 0.6 is 0 Å². The number of benzene rings is 2. The van der Waals surface area contributed by atoms with Crippen LogP contribution in [0.25, 0.3) is 0 Å². The molecule has 1 amide bonds. The average molecular weight is 340 g/mol. The predicted octanol–water partition coefficient (Wildman–Crippen LogP) is 3.14. The summed E-state index contributed by atoms with van der Waals surface area (Å²) in [5.74, 6) is 0.695. The number of methoxy groups -OCH3 is 1. The molecule has 1 atom stereocenters. The van der Waals surface area contributed by atoms with Gasteiger partial charge in [0.25, 0.3) is 0 Å². The molecule has 5 heteroatoms. The first kappa shape index (κ1) is 17.3. The Morgan fingerprint density at radius 1 is 1.08 bits per heavy atom. The van der Waals surface area contributed by atoms with Gasteiger partial charge in [0.15, 0.2) is 0 Å². The molecule has 25 heavy (non-hydrogen) atoms. The first-order chi connectivity index (χ1) is 12.3. The highest BCUT2D eigenvalue weighted by molar-refractivity contribution is 5.87. The van der Waals surface area contributed by atoms with Crippen molar-refractivity contribution >= 4 is 11.6 Å². The first-order valence-electron chi connectivity index (χ1n) is 8.60. The van der Waals surface area contributed by atoms with E-state index in [1.807, 2.05) is 54.6 Å². The number of rotatable bonds is 9. The number of nitrogens with one attached hydrogen (secondary N) is 2. The molecule has 2 N–H and O–H groups in total. The van der Waals surface area contributed by atoms with E-state index in [0.29, 0.717) is 25.0 Å². The number of amides is 1. The number of hydrogen-bond acceptors (Lipinski definition) is 4. The third kappa shape index (κ3) is 4.97. The fraction of sp³-hybridized carbons (Fsp3) is 0.350. The van der Waals surface area contributed by atoms with E-state index in [0.717, 1.165) is 24.1 Å². The van der Waals surface area contributed by atoms with Gasteiger partial charge in [0.05, 0.1) is 12.3 Å². The van der Waals surface area contributed by atoms with Crippen molar-refractivity contribution in [3.63, 3.8) is 0 Å². The van der Waals surface area contributed by atoms with Crippen molar-refractivity contribution in [1.29, 1.82) is 0 Å². The van der Waals surface area contributed by atoms with Gasteiger partial charge in [-0.15, -0.1) is 0 Å². The fourth-order valence-corrected chi connectivity index (χ4v) is 2.56. The Balaban J connectivity index is 1.78. The average Bonchev–Trinajstić information content (AvgIpc) is 3.45. The van der Waals surface area contributed by atoms with Crippen LogP contribution in [0.15, 0.2) is 54.6 Å². The highest BCUT2D eigenvalue weighted by atomic mass is 16.5. The van der Waals surface area contributed by atoms with Gasteiger partial charge in [-0.2, -0.15) is 0 Å². The highest BCUT2D eigenvalue weighted by Gasteiger charge is 2.28. The van der Waals surface area contributed by atoms with Crippen LogP contribution in [0.2, 0.25) is 0 Å². The van der Waals surface area contributed by atoms with E-state index in [-0.39, 0.29) is 5.91 Å². The molecule has 0 heterocycles. The van der Waals surface area contributed by atoms with E-state index < -0.39 is 6.04 Å². The highest BCUT2D eigenvalue weighted by Crippen LogP contribution is 2.29. The van der Waals surface area contributed by atoms with E-state index in [1.165, 1.54) is 0 Å². The first-order valence-corrected chi connectivity index (χ1v) is 8.60. The lowest BCUT2D eigenvalue weighted by Crippen LogP contribution is -2.34. The third-order valence-corrected chi connectivity index (χ3v) is 4.05. The second-order valence-corrected chi connectivity index (χ2v) is 6.11. The summed E-state index contributed by atoms with van der Waals surface area (Å²) in [6, 6.07) is 17.2. The van der Waals surface area contributed by atoms with Crippen LogP contribution in [-0.4, -0.2) is 32.3 Å². The van der Waals surface area contributed by atoms with Crippen LogP contribution in [-0.2, 0) is 9.53 Å². The smallest absolute Gasteiger partial charge is 0.247 e. The Morgan fingerprint density at radius 2 is 1.80 bits per heavy atom. The largest absolute Gasteiger partial charge is 0.489 e. The predicted molar refractivity (Wildman–Crippen MR) is 97.8 cm³/mol. The van der Waals surface area contributed by atoms with Crippen molar-refractivity contribution in [3.8, 4) is 5.75 Å². The van der Waals surface area contributed by atoms with Gasteiger partial charge >= 0.3 is 0 Å². The number of carbonyl (C=O) groups is 1. The lowest BCUT2D eigenvalue weighted by Gasteiger charge is -2.21. The number of ether oxygens (including phenoxy) is 2. The minimum atomic E-state index is -0.464. The SMILES string of the molecule is COCCOc1ccccc1NC(C(=O)NC1CC1)c1ccccc1. The zero-order valence-electron chi connectivity index (χ0n) is 14.4. The van der Waals surface area contributed by atoms with Crippen LogP contribution in [0.5, 0.6) is 5.75 Å². The Hall–Kier alpha value is -2.53. The Bertz CT molecular complexity index is 686. The maximum absolute atomic E-state index is 12.7. The van der Waals surface area contributed by atoms with Gasteiger partial charge in [-0.3, -0.25) is 4.79 Å². The van der Waals surface area contributed by atoms with Crippen LogP contribution in [0.1, 0.15) is 24.4 Å². The zero-order chi connectivity index (χ0) is 17.5. The third-order valence-electron chi connectivity index (χ3n) is 4.05. The quantitative estimate of drug-likeness (QED) is 0.689. The molecule has 0 bridgehead atoms. The summed E-state index contributed by atoms with van der Waals surface area (Å²) in [5, 5.41) is 6.43. The molecule has 1 saturated carbocycles. The standard InChI is InChI=1S/C20H24N2O3/c1-24-13-14-25-18-10-6-5-9-17(18)22-19(15-7-3-2-4-8-15)20(23)21-16-11-12-16/h2-10,16,19,22H,11-14H2,1H3,(H,21,23). The summed E-state index contributed by atoms with van der Waals surface area (Å²) in [5.41, 5.74) is 1.71. The van der Waals surface area contributed by atoms with Crippen molar-refractivity contribution in [3.05, 3.63) is 60.2 Å². The van der Waals surface area contributed by atoms with E-state index in [1.54, 1.807) is 7.11 Å². The van der Waals surface area contributed by atoms with Gasteiger partial charge in [0.2, 0.25) is 5.91 Å². The molecule has 2 aromatic rings. The Kier molecular flexibility index (Phi) is 5.90. The number of carbonyl (C=O) groups excluding carboxylic acids is 1. The van der Waals surface area contributed by atoms with Crippen LogP contribution in [0.4, 0.5) is 5.69 Å². The summed E-state index contributed by atoms with van der Waals surface area (Å²) in [6.07, 6.45) is 2.12. The lowest BCUT2D eigenvalue weighted by atomic mass is 10.1. The number of para-hydroxylation sites is 2. The van der Waals surface area contributed by atoms with Gasteiger partial charge in [-0.1, -0.05) is 42.5 Å². The molecule has 3 rings (SSSR count). The molecule has 132 valence electrons. The van der Waals surface area contributed by atoms with Gasteiger partial charge in [-0.05, 0) is 30.5 Å². The molecule has 0 radical (unpaired) electrons. The van der Waals surface area contributed by atoms with Gasteiger partial charge in [0.1, 0.15) is 18.4 Å². The number of hydrogen-bond donors (Lipinski definition) is 2. The minimum Gasteiger partial charge on any atom is -0.489 e. The zero-order valence-corrected chi connectivity index (χ0v) is 14.4. The van der Waals surface area contributed by atoms with Crippen molar-refractivity contribution in [2.45, 2.75) is 24.9 Å². The van der Waals surface area contributed by atoms with E-state index in [9.17, 15) is 4.79 Å². The van der Waals surface area contributed by atoms with Crippen molar-refractivity contribution in [1.82, 2.24) is 5.32 Å². The summed E-state index contributed by atoms with van der Waals surface area (Å²) in [4.78, 5) is 12.7. The van der Waals surface area contributed by atoms with E-state index >= 15 is 0 Å². The molecule has 1 aliphatic carbocycles. The van der Waals surface area contributed by atoms with Gasteiger partial charge in [0, 0.05) is 13.2 Å². The molecular weight excluding hydrogens is 316 g/mol. The number of anilines is 1. The summed E-state index contributed by atoms with van der Waals surface area (Å²) < 4.78 is 10.8. The van der Waals surface area contributed by atoms with Crippen molar-refractivity contribution in [2.24, 2.45) is 0 Å². The molecule has 0 aromatic heterocycles. The molecule has 1 aliphatic rings. The molecule has 2 aromatic carbocycles. The molecule has 0 spiro atoms. The summed E-state index contributed by atoms with van der Waals surface area (Å²) in [6.45, 7) is 0.970. The van der Waals surface area contributed by atoms with Crippen LogP contribution < -0.4 is 15.4 Å². The maximum Gasteiger partial charge on any atom is 0.247 e. The molecule has 1 fully saturated rings. The summed E-state index contributed by atoms with van der Waals surface area (Å²) >= 11 is 0. The van der Waals surface area contributed by atoms with E-state index in [4.69, 9.17) is 9.47 Å². The molecule has 0 aliphatic heterocycles. The topological polar surface area (TPSA) is 59.6 Å². The molecule has 0 saturated heterocycles.